The van der Waals surface area contributed by atoms with E-state index >= 15 is 0 Å². The van der Waals surface area contributed by atoms with Crippen LogP contribution in [0, 0.1) is 0 Å². The van der Waals surface area contributed by atoms with Gasteiger partial charge in [-0.05, 0) is 25.0 Å². The van der Waals surface area contributed by atoms with Crippen molar-refractivity contribution in [1.82, 2.24) is 19.7 Å². The summed E-state index contributed by atoms with van der Waals surface area (Å²) in [4.78, 5) is 18.7. The Morgan fingerprint density at radius 3 is 2.75 bits per heavy atom. The summed E-state index contributed by atoms with van der Waals surface area (Å²) in [6.07, 6.45) is 3.50. The summed E-state index contributed by atoms with van der Waals surface area (Å²) < 4.78 is 7.52. The van der Waals surface area contributed by atoms with Gasteiger partial charge in [0.1, 0.15) is 5.52 Å². The number of nitrogens with one attached hydrogen (secondary N) is 1. The Labute approximate surface area is 139 Å². The summed E-state index contributed by atoms with van der Waals surface area (Å²) in [6, 6.07) is 9.47. The van der Waals surface area contributed by atoms with Crippen LogP contribution in [0.1, 0.15) is 24.7 Å². The van der Waals surface area contributed by atoms with Crippen molar-refractivity contribution in [1.29, 1.82) is 0 Å². The number of rotatable bonds is 2. The zero-order valence-electron chi connectivity index (χ0n) is 13.5. The van der Waals surface area contributed by atoms with E-state index in [1.54, 1.807) is 16.9 Å². The second kappa shape index (κ2) is 5.99. The van der Waals surface area contributed by atoms with Crippen molar-refractivity contribution in [3.8, 4) is 0 Å². The first-order valence-electron chi connectivity index (χ1n) is 8.10. The van der Waals surface area contributed by atoms with Crippen molar-refractivity contribution >= 4 is 22.9 Å². The molecule has 1 aromatic carbocycles. The van der Waals surface area contributed by atoms with Crippen LogP contribution in [0.25, 0.3) is 11.1 Å². The minimum atomic E-state index is -0.107. The number of carbonyl (C=O) groups excluding carboxylic acids is 1. The van der Waals surface area contributed by atoms with Crippen LogP contribution in [0.15, 0.2) is 40.9 Å². The van der Waals surface area contributed by atoms with Crippen molar-refractivity contribution in [2.75, 3.05) is 18.4 Å². The van der Waals surface area contributed by atoms with Crippen molar-refractivity contribution < 1.29 is 9.21 Å². The largest absolute Gasteiger partial charge is 0.440 e. The molecule has 2 amide bonds. The number of aromatic nitrogens is 3. The molecular formula is C17H19N5O2. The molecule has 0 aliphatic carbocycles. The highest BCUT2D eigenvalue weighted by atomic mass is 16.3. The zero-order chi connectivity index (χ0) is 16.5. The van der Waals surface area contributed by atoms with Gasteiger partial charge in [-0.2, -0.15) is 5.10 Å². The van der Waals surface area contributed by atoms with Gasteiger partial charge in [0.25, 0.3) is 0 Å². The van der Waals surface area contributed by atoms with Crippen LogP contribution in [-0.4, -0.2) is 38.8 Å². The molecule has 7 nitrogen and oxygen atoms in total. The quantitative estimate of drug-likeness (QED) is 0.786. The van der Waals surface area contributed by atoms with E-state index in [4.69, 9.17) is 4.42 Å². The molecule has 1 aliphatic rings. The van der Waals surface area contributed by atoms with Gasteiger partial charge >= 0.3 is 6.03 Å². The molecule has 3 heterocycles. The number of nitrogens with zero attached hydrogens (tertiary/aromatic N) is 4. The number of oxazole rings is 1. The zero-order valence-corrected chi connectivity index (χ0v) is 13.5. The number of para-hydroxylation sites is 2. The third-order valence-corrected chi connectivity index (χ3v) is 4.39. The highest BCUT2D eigenvalue weighted by molar-refractivity contribution is 5.88. The van der Waals surface area contributed by atoms with E-state index in [1.165, 1.54) is 0 Å². The molecular weight excluding hydrogens is 306 g/mol. The molecule has 1 fully saturated rings. The van der Waals surface area contributed by atoms with Crippen LogP contribution in [0.2, 0.25) is 0 Å². The first kappa shape index (κ1) is 14.7. The topological polar surface area (TPSA) is 76.2 Å². The van der Waals surface area contributed by atoms with Crippen molar-refractivity contribution in [2.24, 2.45) is 7.05 Å². The van der Waals surface area contributed by atoms with E-state index in [-0.39, 0.29) is 11.9 Å². The van der Waals surface area contributed by atoms with Gasteiger partial charge in [0.15, 0.2) is 17.3 Å². The van der Waals surface area contributed by atoms with Crippen LogP contribution >= 0.6 is 0 Å². The fourth-order valence-electron chi connectivity index (χ4n) is 3.06. The Balaban J connectivity index is 1.38. The van der Waals surface area contributed by atoms with E-state index in [0.29, 0.717) is 18.9 Å². The molecule has 4 rings (SSSR count). The molecule has 0 spiro atoms. The minimum Gasteiger partial charge on any atom is -0.440 e. The summed E-state index contributed by atoms with van der Waals surface area (Å²) in [5, 5.41) is 6.99. The lowest BCUT2D eigenvalue weighted by Crippen LogP contribution is -2.40. The molecule has 0 saturated carbocycles. The molecule has 1 N–H and O–H groups in total. The molecule has 124 valence electrons. The average Bonchev–Trinajstić information content (AvgIpc) is 3.21. The maximum atomic E-state index is 12.3. The maximum Gasteiger partial charge on any atom is 0.323 e. The highest BCUT2D eigenvalue weighted by Gasteiger charge is 2.27. The molecule has 24 heavy (non-hydrogen) atoms. The number of anilines is 1. The van der Waals surface area contributed by atoms with Gasteiger partial charge in [-0.15, -0.1) is 0 Å². The number of hydrogen-bond donors (Lipinski definition) is 1. The van der Waals surface area contributed by atoms with Crippen molar-refractivity contribution in [2.45, 2.75) is 18.8 Å². The van der Waals surface area contributed by atoms with Crippen LogP contribution in [0.5, 0.6) is 0 Å². The maximum absolute atomic E-state index is 12.3. The van der Waals surface area contributed by atoms with Crippen LogP contribution < -0.4 is 5.32 Å². The normalized spacial score (nSPS) is 15.8. The number of piperidine rings is 1. The summed E-state index contributed by atoms with van der Waals surface area (Å²) in [6.45, 7) is 1.37. The average molecular weight is 325 g/mol. The van der Waals surface area contributed by atoms with Gasteiger partial charge < -0.3 is 9.32 Å². The SMILES string of the molecule is Cn1ccc(NC(=O)N2CCC(c3nc4ccccc4o3)CC2)n1. The van der Waals surface area contributed by atoms with E-state index < -0.39 is 0 Å². The number of fused-ring (bicyclic) bond motifs is 1. The second-order valence-corrected chi connectivity index (χ2v) is 6.09. The smallest absolute Gasteiger partial charge is 0.323 e. The fourth-order valence-corrected chi connectivity index (χ4v) is 3.06. The lowest BCUT2D eigenvalue weighted by molar-refractivity contribution is 0.190. The standard InChI is InChI=1S/C17H19N5O2/c1-21-9-8-15(20-21)19-17(23)22-10-6-12(7-11-22)16-18-13-4-2-3-5-14(13)24-16/h2-5,8-9,12H,6-7,10-11H2,1H3,(H,19,20,23). The molecule has 3 aromatic rings. The number of hydrogen-bond acceptors (Lipinski definition) is 4. The Morgan fingerprint density at radius 2 is 2.04 bits per heavy atom. The van der Waals surface area contributed by atoms with E-state index in [0.717, 1.165) is 29.8 Å². The minimum absolute atomic E-state index is 0.107. The Hall–Kier alpha value is -2.83. The third kappa shape index (κ3) is 2.84. The van der Waals surface area contributed by atoms with Gasteiger partial charge in [0.05, 0.1) is 0 Å². The number of urea groups is 1. The molecule has 0 unspecified atom stereocenters. The summed E-state index contributed by atoms with van der Waals surface area (Å²) in [5.41, 5.74) is 1.71. The van der Waals surface area contributed by atoms with E-state index in [2.05, 4.69) is 15.4 Å². The van der Waals surface area contributed by atoms with Crippen LogP contribution in [0.3, 0.4) is 0 Å². The lowest BCUT2D eigenvalue weighted by atomic mass is 9.97. The Bertz CT molecular complexity index is 828. The van der Waals surface area contributed by atoms with Gasteiger partial charge in [0.2, 0.25) is 0 Å². The number of carbonyl (C=O) groups is 1. The van der Waals surface area contributed by atoms with Crippen LogP contribution in [-0.2, 0) is 7.05 Å². The third-order valence-electron chi connectivity index (χ3n) is 4.39. The first-order valence-corrected chi connectivity index (χ1v) is 8.10. The number of benzene rings is 1. The Morgan fingerprint density at radius 1 is 1.25 bits per heavy atom. The fraction of sp³-hybridized carbons (Fsp3) is 0.353. The van der Waals surface area contributed by atoms with Crippen molar-refractivity contribution in [3.05, 3.63) is 42.4 Å². The molecule has 0 atom stereocenters. The number of amides is 2. The molecule has 0 radical (unpaired) electrons. The summed E-state index contributed by atoms with van der Waals surface area (Å²) >= 11 is 0. The van der Waals surface area contributed by atoms with Gasteiger partial charge in [-0.3, -0.25) is 10.00 Å². The van der Waals surface area contributed by atoms with Gasteiger partial charge in [0, 0.05) is 38.3 Å². The molecule has 1 saturated heterocycles. The monoisotopic (exact) mass is 325 g/mol. The summed E-state index contributed by atoms with van der Waals surface area (Å²) in [5.74, 6) is 1.61. The van der Waals surface area contributed by atoms with E-state index in [1.807, 2.05) is 36.2 Å². The lowest BCUT2D eigenvalue weighted by Gasteiger charge is -2.30. The summed E-state index contributed by atoms with van der Waals surface area (Å²) in [7, 11) is 1.82. The van der Waals surface area contributed by atoms with E-state index in [9.17, 15) is 4.79 Å². The number of aryl methyl sites for hydroxylation is 1. The number of likely N-dealkylation sites (tertiary alicyclic amines) is 1. The van der Waals surface area contributed by atoms with Crippen molar-refractivity contribution in [3.63, 3.8) is 0 Å². The van der Waals surface area contributed by atoms with Gasteiger partial charge in [-0.25, -0.2) is 9.78 Å². The predicted octanol–water partition coefficient (Wildman–Crippen LogP) is 2.97. The molecule has 0 bridgehead atoms. The predicted molar refractivity (Wildman–Crippen MR) is 89.8 cm³/mol. The molecule has 2 aromatic heterocycles. The molecule has 7 heteroatoms. The highest BCUT2D eigenvalue weighted by Crippen LogP contribution is 2.30. The Kier molecular flexibility index (Phi) is 3.68. The van der Waals surface area contributed by atoms with Crippen LogP contribution in [0.4, 0.5) is 10.6 Å². The molecule has 1 aliphatic heterocycles. The second-order valence-electron chi connectivity index (χ2n) is 6.09. The van der Waals surface area contributed by atoms with Gasteiger partial charge in [-0.1, -0.05) is 12.1 Å². The first-order chi connectivity index (χ1) is 11.7.